The Morgan fingerprint density at radius 3 is 2.57 bits per heavy atom. The lowest BCUT2D eigenvalue weighted by Crippen LogP contribution is -2.31. The number of carboxylic acid groups (broad SMARTS) is 1. The van der Waals surface area contributed by atoms with E-state index < -0.39 is 11.2 Å². The van der Waals surface area contributed by atoms with Crippen LogP contribution in [-0.2, 0) is 15.0 Å². The monoisotopic (exact) mass is 332 g/mol. The van der Waals surface area contributed by atoms with Gasteiger partial charge in [0.2, 0.25) is 5.91 Å². The van der Waals surface area contributed by atoms with Gasteiger partial charge >= 0.3 is 0 Å². The zero-order valence-electron chi connectivity index (χ0n) is 13.2. The molecule has 0 radical (unpaired) electrons. The van der Waals surface area contributed by atoms with E-state index in [-0.39, 0.29) is 17.7 Å². The minimum absolute atomic E-state index is 0.0919. The van der Waals surface area contributed by atoms with Gasteiger partial charge in [-0.2, -0.15) is 5.10 Å². The lowest BCUT2D eigenvalue weighted by atomic mass is 9.87. The van der Waals surface area contributed by atoms with Gasteiger partial charge in [-0.25, -0.2) is 0 Å². The summed E-state index contributed by atoms with van der Waals surface area (Å²) in [6.07, 6.45) is 1.24. The summed E-state index contributed by atoms with van der Waals surface area (Å²) in [5.41, 5.74) is 2.21. The van der Waals surface area contributed by atoms with E-state index in [4.69, 9.17) is 0 Å². The summed E-state index contributed by atoms with van der Waals surface area (Å²) in [5, 5.41) is 20.4. The van der Waals surface area contributed by atoms with Gasteiger partial charge in [-0.15, -0.1) is 5.10 Å². The summed E-state index contributed by atoms with van der Waals surface area (Å²) in [4.78, 5) is 22.1. The van der Waals surface area contributed by atoms with Gasteiger partial charge in [0.25, 0.3) is 0 Å². The molecule has 1 N–H and O–H groups in total. The maximum Gasteiger partial charge on any atom is 0.239 e. The normalized spacial score (nSPS) is 20.2. The van der Waals surface area contributed by atoms with E-state index >= 15 is 0 Å². The second kappa shape index (κ2) is 6.95. The van der Waals surface area contributed by atoms with E-state index in [1.807, 2.05) is 24.3 Å². The molecule has 1 saturated heterocycles. The average molecular weight is 332 g/mol. The van der Waals surface area contributed by atoms with Crippen molar-refractivity contribution in [2.45, 2.75) is 37.9 Å². The number of rotatable bonds is 4. The number of aliphatic carboxylic acids is 1. The van der Waals surface area contributed by atoms with Crippen LogP contribution in [0.25, 0.3) is 0 Å². The number of hydrogen-bond acceptors (Lipinski definition) is 6. The van der Waals surface area contributed by atoms with Crippen LogP contribution in [0.2, 0.25) is 0 Å². The minimum Gasteiger partial charge on any atom is -0.550 e. The summed E-state index contributed by atoms with van der Waals surface area (Å²) >= 11 is 1.04. The quantitative estimate of drug-likeness (QED) is 0.658. The number of carboxylic acids is 1. The van der Waals surface area contributed by atoms with Crippen LogP contribution in [0.5, 0.6) is 0 Å². The number of amides is 1. The van der Waals surface area contributed by atoms with Crippen molar-refractivity contribution >= 4 is 35.0 Å². The van der Waals surface area contributed by atoms with E-state index in [0.29, 0.717) is 5.17 Å². The van der Waals surface area contributed by atoms with Crippen LogP contribution in [0.3, 0.4) is 0 Å². The van der Waals surface area contributed by atoms with Gasteiger partial charge in [0, 0.05) is 12.4 Å². The summed E-state index contributed by atoms with van der Waals surface area (Å²) in [7, 11) is 0. The lowest BCUT2D eigenvalue weighted by molar-refractivity contribution is -0.305. The van der Waals surface area contributed by atoms with Gasteiger partial charge < -0.3 is 15.2 Å². The van der Waals surface area contributed by atoms with Gasteiger partial charge in [-0.1, -0.05) is 56.8 Å². The summed E-state index contributed by atoms with van der Waals surface area (Å²) in [6, 6.07) is 7.97. The number of hydrogen-bond donors (Lipinski definition) is 1. The molecule has 1 aromatic carbocycles. The molecule has 122 valence electrons. The Bertz CT molecular complexity index is 660. The van der Waals surface area contributed by atoms with Crippen LogP contribution in [-0.4, -0.2) is 28.5 Å². The molecule has 1 aromatic rings. The predicted molar refractivity (Wildman–Crippen MR) is 89.3 cm³/mol. The van der Waals surface area contributed by atoms with Gasteiger partial charge in [-0.3, -0.25) is 4.79 Å². The molecule has 7 heteroatoms. The van der Waals surface area contributed by atoms with Crippen LogP contribution >= 0.6 is 11.8 Å². The number of carbonyl (C=O) groups excluding carboxylic acids is 2. The molecule has 0 aromatic heterocycles. The third kappa shape index (κ3) is 4.92. The Kier molecular flexibility index (Phi) is 5.20. The van der Waals surface area contributed by atoms with Crippen molar-refractivity contribution in [1.82, 2.24) is 5.32 Å². The van der Waals surface area contributed by atoms with Crippen molar-refractivity contribution < 1.29 is 14.7 Å². The molecule has 1 heterocycles. The molecule has 0 spiro atoms. The second-order valence-corrected chi connectivity index (χ2v) is 7.39. The van der Waals surface area contributed by atoms with E-state index in [9.17, 15) is 14.7 Å². The molecule has 1 aliphatic heterocycles. The highest BCUT2D eigenvalue weighted by molar-refractivity contribution is 8.15. The Hall–Kier alpha value is -2.15. The molecule has 1 aliphatic rings. The first-order chi connectivity index (χ1) is 10.8. The van der Waals surface area contributed by atoms with E-state index in [2.05, 4.69) is 36.3 Å². The highest BCUT2D eigenvalue weighted by Gasteiger charge is 2.30. The molecular weight excluding hydrogens is 314 g/mol. The molecule has 1 fully saturated rings. The number of carbonyl (C=O) groups is 2. The smallest absolute Gasteiger partial charge is 0.239 e. The number of thioether (sulfide) groups is 1. The first-order valence-electron chi connectivity index (χ1n) is 7.14. The molecule has 0 unspecified atom stereocenters. The molecule has 0 aliphatic carbocycles. The second-order valence-electron chi connectivity index (χ2n) is 6.19. The highest BCUT2D eigenvalue weighted by atomic mass is 32.2. The Morgan fingerprint density at radius 1 is 1.35 bits per heavy atom. The van der Waals surface area contributed by atoms with E-state index in [1.54, 1.807) is 6.21 Å². The maximum atomic E-state index is 11.5. The summed E-state index contributed by atoms with van der Waals surface area (Å²) in [6.45, 7) is 6.43. The Balaban J connectivity index is 1.99. The van der Waals surface area contributed by atoms with E-state index in [0.717, 1.165) is 17.3 Å². The van der Waals surface area contributed by atoms with Crippen molar-refractivity contribution in [3.8, 4) is 0 Å². The molecule has 1 atom stereocenters. The molecular formula is C16H18N3O3S-. The largest absolute Gasteiger partial charge is 0.550 e. The Morgan fingerprint density at radius 2 is 2.00 bits per heavy atom. The van der Waals surface area contributed by atoms with Crippen LogP contribution in [0.4, 0.5) is 0 Å². The SMILES string of the molecule is CC(C)(C)c1ccc(/C=N\N=C2\NC(=O)[C@H](CC(=O)[O-])S2)cc1. The maximum absolute atomic E-state index is 11.5. The van der Waals surface area contributed by atoms with Gasteiger partial charge in [0.15, 0.2) is 5.17 Å². The summed E-state index contributed by atoms with van der Waals surface area (Å²) in [5.74, 6) is -1.65. The number of benzene rings is 1. The van der Waals surface area contributed by atoms with Crippen LogP contribution in [0.1, 0.15) is 38.3 Å². The molecule has 0 saturated carbocycles. The number of nitrogens with zero attached hydrogens (tertiary/aromatic N) is 2. The van der Waals surface area contributed by atoms with Crippen LogP contribution < -0.4 is 10.4 Å². The fourth-order valence-electron chi connectivity index (χ4n) is 1.96. The molecule has 0 bridgehead atoms. The minimum atomic E-state index is -1.26. The highest BCUT2D eigenvalue weighted by Crippen LogP contribution is 2.23. The molecule has 1 amide bonds. The first kappa shape index (κ1) is 17.2. The van der Waals surface area contributed by atoms with Crippen molar-refractivity contribution in [3.63, 3.8) is 0 Å². The third-order valence-electron chi connectivity index (χ3n) is 3.26. The van der Waals surface area contributed by atoms with Crippen molar-refractivity contribution in [1.29, 1.82) is 0 Å². The first-order valence-corrected chi connectivity index (χ1v) is 8.02. The standard InChI is InChI=1S/C16H19N3O3S/c1-16(2,3)11-6-4-10(5-7-11)9-17-19-15-18-14(22)12(23-15)8-13(20)21/h4-7,9,12H,8H2,1-3H3,(H,20,21)(H,18,19,22)/p-1/b17-9-/t12-/m0/s1. The van der Waals surface area contributed by atoms with E-state index in [1.165, 1.54) is 5.56 Å². The zero-order valence-corrected chi connectivity index (χ0v) is 14.0. The van der Waals surface area contributed by atoms with Crippen LogP contribution in [0, 0.1) is 0 Å². The summed E-state index contributed by atoms with van der Waals surface area (Å²) < 4.78 is 0. The number of amidine groups is 1. The van der Waals surface area contributed by atoms with Crippen molar-refractivity contribution in [2.24, 2.45) is 10.2 Å². The topological polar surface area (TPSA) is 94.0 Å². The molecule has 6 nitrogen and oxygen atoms in total. The Labute approximate surface area is 139 Å². The predicted octanol–water partition coefficient (Wildman–Crippen LogP) is 1.05. The van der Waals surface area contributed by atoms with Gasteiger partial charge in [0.05, 0.1) is 11.5 Å². The fraction of sp³-hybridized carbons (Fsp3) is 0.375. The fourth-order valence-corrected chi connectivity index (χ4v) is 2.86. The average Bonchev–Trinajstić information content (AvgIpc) is 2.78. The molecule has 23 heavy (non-hydrogen) atoms. The molecule has 2 rings (SSSR count). The number of nitrogens with one attached hydrogen (secondary N) is 1. The van der Waals surface area contributed by atoms with Crippen LogP contribution in [0.15, 0.2) is 34.5 Å². The van der Waals surface area contributed by atoms with Crippen molar-refractivity contribution in [3.05, 3.63) is 35.4 Å². The third-order valence-corrected chi connectivity index (χ3v) is 4.33. The zero-order chi connectivity index (χ0) is 17.0. The van der Waals surface area contributed by atoms with Gasteiger partial charge in [-0.05, 0) is 16.5 Å². The lowest BCUT2D eigenvalue weighted by Gasteiger charge is -2.18. The van der Waals surface area contributed by atoms with Crippen molar-refractivity contribution in [2.75, 3.05) is 0 Å². The van der Waals surface area contributed by atoms with Gasteiger partial charge in [0.1, 0.15) is 0 Å².